The average Bonchev–Trinajstić information content (AvgIpc) is 3.49. The molecule has 4 aromatic carbocycles. The van der Waals surface area contributed by atoms with Crippen molar-refractivity contribution in [3.05, 3.63) is 168 Å². The van der Waals surface area contributed by atoms with E-state index in [1.807, 2.05) is 24.5 Å². The molecular weight excluding hydrogens is 609 g/mol. The molecule has 0 saturated heterocycles. The van der Waals surface area contributed by atoms with Crippen LogP contribution in [0.3, 0.4) is 0 Å². The normalized spacial score (nSPS) is 19.4. The lowest BCUT2D eigenvalue weighted by molar-refractivity contribution is 0.259. The monoisotopic (exact) mass is 646 g/mol. The number of aromatic nitrogens is 3. The van der Waals surface area contributed by atoms with E-state index in [9.17, 15) is 0 Å². The molecule has 0 amide bonds. The third-order valence-corrected chi connectivity index (χ3v) is 11.7. The van der Waals surface area contributed by atoms with Crippen LogP contribution in [0.1, 0.15) is 44.9 Å². The lowest BCUT2D eigenvalue weighted by Crippen LogP contribution is -2.46. The second-order valence-corrected chi connectivity index (χ2v) is 15.1. The fourth-order valence-corrected chi connectivity index (χ4v) is 9.27. The summed E-state index contributed by atoms with van der Waals surface area (Å²) >= 11 is 0. The van der Waals surface area contributed by atoms with Gasteiger partial charge in [-0.15, -0.1) is 0 Å². The van der Waals surface area contributed by atoms with E-state index in [2.05, 4.69) is 159 Å². The Morgan fingerprint density at radius 1 is 0.600 bits per heavy atom. The summed E-state index contributed by atoms with van der Waals surface area (Å²) in [6.45, 7) is 9.79. The van der Waals surface area contributed by atoms with Crippen LogP contribution in [-0.2, 0) is 10.8 Å². The molecule has 0 saturated carbocycles. The Bertz CT molecular complexity index is 2450. The van der Waals surface area contributed by atoms with Crippen LogP contribution in [0.4, 0.5) is 11.4 Å². The van der Waals surface area contributed by atoms with E-state index < -0.39 is 0 Å². The molecule has 4 heteroatoms. The summed E-state index contributed by atoms with van der Waals surface area (Å²) in [5, 5.41) is 2.74. The van der Waals surface area contributed by atoms with Crippen molar-refractivity contribution in [3.8, 4) is 22.5 Å². The van der Waals surface area contributed by atoms with Gasteiger partial charge in [-0.05, 0) is 71.3 Å². The zero-order valence-corrected chi connectivity index (χ0v) is 28.8. The predicted octanol–water partition coefficient (Wildman–Crippen LogP) is 11.3. The number of para-hydroxylation sites is 2. The first-order valence-electron chi connectivity index (χ1n) is 17.7. The van der Waals surface area contributed by atoms with Crippen LogP contribution in [0.5, 0.6) is 0 Å². The van der Waals surface area contributed by atoms with E-state index in [1.54, 1.807) is 0 Å². The van der Waals surface area contributed by atoms with Gasteiger partial charge in [0.15, 0.2) is 0 Å². The SMILES string of the molecule is CC1(C)C2=CC(N(c3cccc(-c4ccccn4)c3)c3cccc(-c4ccccn4)c3)=CC3C2n2c4c1cccc4c1cccc(c12)C3(C)C. The molecule has 0 fully saturated rings. The Morgan fingerprint density at radius 2 is 1.16 bits per heavy atom. The molecule has 0 bridgehead atoms. The maximum Gasteiger partial charge on any atom is 0.0702 e. The highest BCUT2D eigenvalue weighted by atomic mass is 15.2. The first kappa shape index (κ1) is 29.2. The maximum atomic E-state index is 4.71. The molecular formula is C46H38N4. The molecule has 50 heavy (non-hydrogen) atoms. The number of allylic oxidation sites excluding steroid dienone is 3. The largest absolute Gasteiger partial charge is 0.332 e. The summed E-state index contributed by atoms with van der Waals surface area (Å²) in [6.07, 6.45) is 8.82. The van der Waals surface area contributed by atoms with Crippen molar-refractivity contribution in [2.45, 2.75) is 44.6 Å². The summed E-state index contributed by atoms with van der Waals surface area (Å²) in [6, 6.07) is 44.0. The minimum Gasteiger partial charge on any atom is -0.332 e. The number of benzene rings is 4. The summed E-state index contributed by atoms with van der Waals surface area (Å²) in [5.41, 5.74) is 14.3. The number of pyridine rings is 2. The highest BCUT2D eigenvalue weighted by Crippen LogP contribution is 2.61. The van der Waals surface area contributed by atoms with E-state index >= 15 is 0 Å². The summed E-state index contributed by atoms with van der Waals surface area (Å²) in [7, 11) is 0. The minimum absolute atomic E-state index is 0.107. The van der Waals surface area contributed by atoms with Crippen molar-refractivity contribution in [2.75, 3.05) is 4.90 Å². The first-order chi connectivity index (χ1) is 24.3. The fraction of sp³-hybridized carbons (Fsp3) is 0.174. The van der Waals surface area contributed by atoms with Crippen LogP contribution >= 0.6 is 0 Å². The van der Waals surface area contributed by atoms with Crippen molar-refractivity contribution in [1.29, 1.82) is 0 Å². The number of fused-ring (bicyclic) bond motifs is 1. The van der Waals surface area contributed by atoms with Gasteiger partial charge in [-0.1, -0.05) is 107 Å². The van der Waals surface area contributed by atoms with Crippen molar-refractivity contribution in [1.82, 2.24) is 14.5 Å². The van der Waals surface area contributed by atoms with Gasteiger partial charge in [-0.3, -0.25) is 9.97 Å². The van der Waals surface area contributed by atoms with E-state index in [4.69, 9.17) is 9.97 Å². The Labute approximate surface area is 293 Å². The van der Waals surface area contributed by atoms with E-state index in [0.717, 1.165) is 33.9 Å². The summed E-state index contributed by atoms with van der Waals surface area (Å²) < 4.78 is 2.71. The topological polar surface area (TPSA) is 34.0 Å². The highest BCUT2D eigenvalue weighted by molar-refractivity contribution is 6.12. The first-order valence-corrected chi connectivity index (χ1v) is 17.7. The zero-order valence-electron chi connectivity index (χ0n) is 28.8. The number of rotatable bonds is 5. The van der Waals surface area contributed by atoms with Crippen LogP contribution in [0.2, 0.25) is 0 Å². The predicted molar refractivity (Wildman–Crippen MR) is 206 cm³/mol. The van der Waals surface area contributed by atoms with Gasteiger partial charge in [0, 0.05) is 68.1 Å². The molecule has 7 aromatic rings. The molecule has 2 atom stereocenters. The standard InChI is InChI=1S/C46H38N4/c1-45(2)36-19-11-17-34-35-18-12-20-37-43(35)50(42(34)36)44-38(45)27-33(28-39(44)46(37,3)4)49(31-15-9-13-29(25-31)40-21-5-7-23-47-40)32-16-10-14-30(26-32)41-22-6-8-24-48-41/h5-28,38,44H,1-4H3. The van der Waals surface area contributed by atoms with Crippen molar-refractivity contribution >= 4 is 33.2 Å². The van der Waals surface area contributed by atoms with Gasteiger partial charge in [-0.25, -0.2) is 0 Å². The van der Waals surface area contributed by atoms with Crippen LogP contribution in [-0.4, -0.2) is 14.5 Å². The van der Waals surface area contributed by atoms with Gasteiger partial charge >= 0.3 is 0 Å². The quantitative estimate of drug-likeness (QED) is 0.187. The Morgan fingerprint density at radius 3 is 1.74 bits per heavy atom. The number of nitrogens with zero attached hydrogens (tertiary/aromatic N) is 4. The second-order valence-electron chi connectivity index (χ2n) is 15.1. The average molecular weight is 647 g/mol. The maximum absolute atomic E-state index is 4.71. The number of hydrogen-bond acceptors (Lipinski definition) is 3. The number of hydrogen-bond donors (Lipinski definition) is 0. The van der Waals surface area contributed by atoms with Crippen LogP contribution < -0.4 is 4.90 Å². The Kier molecular flexibility index (Phi) is 6.06. The van der Waals surface area contributed by atoms with Crippen molar-refractivity contribution < 1.29 is 0 Å². The number of anilines is 2. The van der Waals surface area contributed by atoms with E-state index in [1.165, 1.54) is 44.2 Å². The van der Waals surface area contributed by atoms with E-state index in [0.29, 0.717) is 0 Å². The van der Waals surface area contributed by atoms with Crippen LogP contribution in [0.15, 0.2) is 157 Å². The molecule has 1 aliphatic carbocycles. The molecule has 2 aliphatic heterocycles. The molecule has 3 aliphatic rings. The Hall–Kier alpha value is -5.74. The molecule has 4 nitrogen and oxygen atoms in total. The van der Waals surface area contributed by atoms with Gasteiger partial charge in [0.1, 0.15) is 0 Å². The smallest absolute Gasteiger partial charge is 0.0702 e. The molecule has 2 unspecified atom stereocenters. The molecule has 0 spiro atoms. The third kappa shape index (κ3) is 3.99. The minimum atomic E-state index is -0.169. The van der Waals surface area contributed by atoms with Gasteiger partial charge in [-0.2, -0.15) is 0 Å². The molecule has 5 heterocycles. The summed E-state index contributed by atoms with van der Waals surface area (Å²) in [4.78, 5) is 11.9. The van der Waals surface area contributed by atoms with E-state index in [-0.39, 0.29) is 22.8 Å². The lowest BCUT2D eigenvalue weighted by atomic mass is 9.59. The van der Waals surface area contributed by atoms with Crippen LogP contribution in [0.25, 0.3) is 44.3 Å². The molecule has 10 rings (SSSR count). The van der Waals surface area contributed by atoms with Gasteiger partial charge in [0.2, 0.25) is 0 Å². The van der Waals surface area contributed by atoms with Gasteiger partial charge in [0.25, 0.3) is 0 Å². The Balaban J connectivity index is 1.24. The van der Waals surface area contributed by atoms with Crippen molar-refractivity contribution in [2.24, 2.45) is 5.92 Å². The van der Waals surface area contributed by atoms with Gasteiger partial charge in [0.05, 0.1) is 28.5 Å². The molecule has 0 radical (unpaired) electrons. The highest BCUT2D eigenvalue weighted by Gasteiger charge is 2.52. The second kappa shape index (κ2) is 10.4. The summed E-state index contributed by atoms with van der Waals surface area (Å²) in [5.74, 6) is 0.235. The fourth-order valence-electron chi connectivity index (χ4n) is 9.27. The lowest BCUT2D eigenvalue weighted by Gasteiger charge is -2.53. The molecule has 0 N–H and O–H groups in total. The molecule has 242 valence electrons. The molecule has 3 aromatic heterocycles. The van der Waals surface area contributed by atoms with Crippen molar-refractivity contribution in [3.63, 3.8) is 0 Å². The van der Waals surface area contributed by atoms with Crippen LogP contribution in [0, 0.1) is 5.92 Å². The van der Waals surface area contributed by atoms with Gasteiger partial charge < -0.3 is 9.47 Å². The third-order valence-electron chi connectivity index (χ3n) is 11.7. The zero-order chi connectivity index (χ0) is 33.8.